The third kappa shape index (κ3) is 5.73. The molecule has 1 aromatic heterocycles. The molecule has 6 rings (SSSR count). The first-order valence-electron chi connectivity index (χ1n) is 13.4. The van der Waals surface area contributed by atoms with Crippen molar-refractivity contribution in [1.82, 2.24) is 14.8 Å². The molecule has 212 valence electrons. The number of piperidine rings is 1. The average molecular weight is 568 g/mol. The molecular formula is C29H33N3O7S. The summed E-state index contributed by atoms with van der Waals surface area (Å²) in [5, 5.41) is 2.73. The van der Waals surface area contributed by atoms with E-state index in [2.05, 4.69) is 4.90 Å². The van der Waals surface area contributed by atoms with E-state index in [0.717, 1.165) is 39.1 Å². The summed E-state index contributed by atoms with van der Waals surface area (Å²) in [4.78, 5) is 22.1. The van der Waals surface area contributed by atoms with Crippen molar-refractivity contribution in [3.63, 3.8) is 0 Å². The van der Waals surface area contributed by atoms with Gasteiger partial charge in [0.2, 0.25) is 6.79 Å². The molecule has 1 amide bonds. The van der Waals surface area contributed by atoms with E-state index in [4.69, 9.17) is 33.4 Å². The minimum atomic E-state index is -0.512. The molecule has 40 heavy (non-hydrogen) atoms. The van der Waals surface area contributed by atoms with Gasteiger partial charge in [-0.05, 0) is 23.8 Å². The van der Waals surface area contributed by atoms with E-state index in [0.29, 0.717) is 64.5 Å². The van der Waals surface area contributed by atoms with Crippen molar-refractivity contribution in [2.45, 2.75) is 38.3 Å². The van der Waals surface area contributed by atoms with Crippen LogP contribution in [0.15, 0.2) is 41.8 Å². The maximum Gasteiger partial charge on any atom is 0.273 e. The molecule has 3 aliphatic rings. The van der Waals surface area contributed by atoms with Gasteiger partial charge in [-0.3, -0.25) is 9.69 Å². The van der Waals surface area contributed by atoms with E-state index in [-0.39, 0.29) is 12.7 Å². The number of nitrogens with zero attached hydrogens (tertiary/aromatic N) is 3. The topological polar surface area (TPSA) is 91.8 Å². The minimum Gasteiger partial charge on any atom is -0.497 e. The van der Waals surface area contributed by atoms with Crippen molar-refractivity contribution in [3.05, 3.63) is 63.6 Å². The van der Waals surface area contributed by atoms with Gasteiger partial charge in [0.15, 0.2) is 17.3 Å². The smallest absolute Gasteiger partial charge is 0.273 e. The number of aromatic nitrogens is 1. The number of hydrogen-bond donors (Lipinski definition) is 0. The predicted octanol–water partition coefficient (Wildman–Crippen LogP) is 4.07. The Kier molecular flexibility index (Phi) is 7.79. The zero-order chi connectivity index (χ0) is 27.5. The highest BCUT2D eigenvalue weighted by molar-refractivity contribution is 7.09. The summed E-state index contributed by atoms with van der Waals surface area (Å²) in [7, 11) is 3.30. The summed E-state index contributed by atoms with van der Waals surface area (Å²) in [6, 6.07) is 11.8. The van der Waals surface area contributed by atoms with Crippen LogP contribution in [0.3, 0.4) is 0 Å². The number of hydrogen-bond acceptors (Lipinski definition) is 10. The highest BCUT2D eigenvalue weighted by Gasteiger charge is 2.41. The molecule has 4 heterocycles. The number of rotatable bonds is 9. The molecule has 2 saturated heterocycles. The number of ether oxygens (including phenoxy) is 6. The lowest BCUT2D eigenvalue weighted by Gasteiger charge is -2.37. The number of likely N-dealkylation sites (tertiary alicyclic amines) is 1. The Morgan fingerprint density at radius 1 is 1.00 bits per heavy atom. The van der Waals surface area contributed by atoms with Gasteiger partial charge in [0.1, 0.15) is 22.2 Å². The van der Waals surface area contributed by atoms with E-state index < -0.39 is 5.79 Å². The summed E-state index contributed by atoms with van der Waals surface area (Å²) in [5.41, 5.74) is 2.59. The summed E-state index contributed by atoms with van der Waals surface area (Å²) in [5.74, 6) is 2.43. The molecule has 1 spiro atoms. The molecular weight excluding hydrogens is 534 g/mol. The van der Waals surface area contributed by atoms with Crippen LogP contribution in [0, 0.1) is 0 Å². The van der Waals surface area contributed by atoms with E-state index >= 15 is 0 Å². The van der Waals surface area contributed by atoms with Crippen molar-refractivity contribution < 1.29 is 33.2 Å². The highest BCUT2D eigenvalue weighted by atomic mass is 32.1. The lowest BCUT2D eigenvalue weighted by atomic mass is 10.0. The summed E-state index contributed by atoms with van der Waals surface area (Å²) < 4.78 is 33.7. The number of amides is 1. The standard InChI is InChI=1S/C29H33N3O7S/c1-34-22-5-4-21(25(14-22)35-2)16-31(15-20-3-6-24-26(13-20)37-19-36-24)17-27-30-23(18-40-27)28(33)32-9-7-29(8-10-32)38-11-12-39-29/h3-6,13-14,18H,7-12,15-17,19H2,1-2H3. The molecule has 10 nitrogen and oxygen atoms in total. The zero-order valence-electron chi connectivity index (χ0n) is 22.7. The van der Waals surface area contributed by atoms with Crippen LogP contribution in [0.5, 0.6) is 23.0 Å². The quantitative estimate of drug-likeness (QED) is 0.379. The fourth-order valence-electron chi connectivity index (χ4n) is 5.36. The van der Waals surface area contributed by atoms with Gasteiger partial charge < -0.3 is 33.3 Å². The zero-order valence-corrected chi connectivity index (χ0v) is 23.5. The summed E-state index contributed by atoms with van der Waals surface area (Å²) in [6.07, 6.45) is 1.37. The number of carbonyl (C=O) groups is 1. The maximum atomic E-state index is 13.3. The molecule has 3 aromatic rings. The van der Waals surface area contributed by atoms with Crippen LogP contribution in [0.4, 0.5) is 0 Å². The molecule has 0 aliphatic carbocycles. The van der Waals surface area contributed by atoms with Crippen LogP contribution in [0.25, 0.3) is 0 Å². The molecule has 2 fully saturated rings. The second-order valence-corrected chi connectivity index (χ2v) is 11.0. The third-order valence-electron chi connectivity index (χ3n) is 7.49. The van der Waals surface area contributed by atoms with E-state index in [9.17, 15) is 4.79 Å². The SMILES string of the molecule is COc1ccc(CN(Cc2ccc3c(c2)OCO3)Cc2nc(C(=O)N3CCC4(CC3)OCCO4)cs2)c(OC)c1. The van der Waals surface area contributed by atoms with Crippen LogP contribution >= 0.6 is 11.3 Å². The van der Waals surface area contributed by atoms with Gasteiger partial charge in [-0.2, -0.15) is 0 Å². The van der Waals surface area contributed by atoms with E-state index in [1.54, 1.807) is 14.2 Å². The number of thiazole rings is 1. The molecule has 11 heteroatoms. The second kappa shape index (κ2) is 11.6. The van der Waals surface area contributed by atoms with Gasteiger partial charge in [0, 0.05) is 56.0 Å². The van der Waals surface area contributed by atoms with Gasteiger partial charge >= 0.3 is 0 Å². The summed E-state index contributed by atoms with van der Waals surface area (Å²) in [6.45, 7) is 4.48. The van der Waals surface area contributed by atoms with Crippen LogP contribution in [0.2, 0.25) is 0 Å². The normalized spacial score (nSPS) is 17.5. The Morgan fingerprint density at radius 3 is 2.58 bits per heavy atom. The molecule has 0 unspecified atom stereocenters. The van der Waals surface area contributed by atoms with E-state index in [1.807, 2.05) is 46.7 Å². The second-order valence-electron chi connectivity index (χ2n) is 10.0. The van der Waals surface area contributed by atoms with Gasteiger partial charge in [0.05, 0.1) is 34.0 Å². The van der Waals surface area contributed by atoms with Crippen molar-refractivity contribution >= 4 is 17.2 Å². The van der Waals surface area contributed by atoms with Crippen LogP contribution < -0.4 is 18.9 Å². The van der Waals surface area contributed by atoms with Crippen LogP contribution in [-0.2, 0) is 29.1 Å². The number of fused-ring (bicyclic) bond motifs is 1. The minimum absolute atomic E-state index is 0.0468. The van der Waals surface area contributed by atoms with Crippen molar-refractivity contribution in [1.29, 1.82) is 0 Å². The fraction of sp³-hybridized carbons (Fsp3) is 0.448. The Hall–Kier alpha value is -3.38. The highest BCUT2D eigenvalue weighted by Crippen LogP contribution is 2.34. The Balaban J connectivity index is 1.18. The molecule has 2 aromatic carbocycles. The average Bonchev–Trinajstić information content (AvgIpc) is 3.75. The predicted molar refractivity (Wildman–Crippen MR) is 147 cm³/mol. The first kappa shape index (κ1) is 26.8. The van der Waals surface area contributed by atoms with Gasteiger partial charge in [-0.1, -0.05) is 12.1 Å². The molecule has 0 radical (unpaired) electrons. The van der Waals surface area contributed by atoms with Crippen molar-refractivity contribution in [2.75, 3.05) is 47.3 Å². The lowest BCUT2D eigenvalue weighted by molar-refractivity contribution is -0.181. The van der Waals surface area contributed by atoms with Gasteiger partial charge in [-0.15, -0.1) is 11.3 Å². The van der Waals surface area contributed by atoms with Crippen LogP contribution in [0.1, 0.15) is 39.5 Å². The molecule has 0 N–H and O–H groups in total. The first-order chi connectivity index (χ1) is 19.5. The molecule has 0 bridgehead atoms. The van der Waals surface area contributed by atoms with Crippen molar-refractivity contribution in [2.24, 2.45) is 0 Å². The van der Waals surface area contributed by atoms with Gasteiger partial charge in [-0.25, -0.2) is 4.98 Å². The van der Waals surface area contributed by atoms with E-state index in [1.165, 1.54) is 11.3 Å². The summed E-state index contributed by atoms with van der Waals surface area (Å²) >= 11 is 1.50. The van der Waals surface area contributed by atoms with Crippen molar-refractivity contribution in [3.8, 4) is 23.0 Å². The lowest BCUT2D eigenvalue weighted by Crippen LogP contribution is -2.47. The third-order valence-corrected chi connectivity index (χ3v) is 8.32. The number of carbonyl (C=O) groups excluding carboxylic acids is 1. The monoisotopic (exact) mass is 567 g/mol. The fourth-order valence-corrected chi connectivity index (χ4v) is 6.17. The van der Waals surface area contributed by atoms with Crippen LogP contribution in [-0.4, -0.2) is 73.8 Å². The Morgan fingerprint density at radius 2 is 1.80 bits per heavy atom. The molecule has 3 aliphatic heterocycles. The number of benzene rings is 2. The molecule has 0 atom stereocenters. The Labute approximate surface area is 237 Å². The largest absolute Gasteiger partial charge is 0.497 e. The number of methoxy groups -OCH3 is 2. The molecule has 0 saturated carbocycles. The van der Waals surface area contributed by atoms with Gasteiger partial charge in [0.25, 0.3) is 5.91 Å². The Bertz CT molecular complexity index is 1350. The first-order valence-corrected chi connectivity index (χ1v) is 14.3. The maximum absolute atomic E-state index is 13.3.